The minimum atomic E-state index is -0.286. The summed E-state index contributed by atoms with van der Waals surface area (Å²) < 4.78 is 26.7. The zero-order chi connectivity index (χ0) is 20.6. The van der Waals surface area contributed by atoms with Crippen LogP contribution in [-0.4, -0.2) is 50.1 Å². The second kappa shape index (κ2) is 10.3. The quantitative estimate of drug-likeness (QED) is 0.703. The fourth-order valence-electron chi connectivity index (χ4n) is 3.64. The number of carbonyl (C=O) groups excluding carboxylic acids is 1. The van der Waals surface area contributed by atoms with E-state index in [1.54, 1.807) is 31.3 Å². The first kappa shape index (κ1) is 21.1. The van der Waals surface area contributed by atoms with Gasteiger partial charge in [0.15, 0.2) is 0 Å². The number of likely N-dealkylation sites (N-methyl/N-ethyl adjacent to an activating group) is 1. The van der Waals surface area contributed by atoms with Gasteiger partial charge in [-0.1, -0.05) is 30.3 Å². The van der Waals surface area contributed by atoms with Gasteiger partial charge in [-0.3, -0.25) is 9.69 Å². The van der Waals surface area contributed by atoms with Crippen molar-refractivity contribution in [1.82, 2.24) is 15.5 Å². The summed E-state index contributed by atoms with van der Waals surface area (Å²) in [6, 6.07) is 12.5. The van der Waals surface area contributed by atoms with Crippen LogP contribution in [0.25, 0.3) is 5.57 Å². The number of unbranched alkanes of at least 4 members (excludes halogenated alkanes) is 1. The first-order chi connectivity index (χ1) is 14.1. The van der Waals surface area contributed by atoms with Crippen LogP contribution in [0.5, 0.6) is 0 Å². The van der Waals surface area contributed by atoms with Gasteiger partial charge in [0.25, 0.3) is 0 Å². The molecule has 2 aromatic rings. The molecular weight excluding hydrogens is 372 g/mol. The van der Waals surface area contributed by atoms with Gasteiger partial charge >= 0.3 is 0 Å². The summed E-state index contributed by atoms with van der Waals surface area (Å²) in [5.74, 6) is -0.539. The highest BCUT2D eigenvalue weighted by Gasteiger charge is 2.27. The highest BCUT2D eigenvalue weighted by molar-refractivity contribution is 5.82. The van der Waals surface area contributed by atoms with Crippen LogP contribution in [0, 0.1) is 11.6 Å². The normalized spacial score (nSPS) is 17.0. The molecule has 0 radical (unpaired) electrons. The van der Waals surface area contributed by atoms with Gasteiger partial charge in [0.1, 0.15) is 17.7 Å². The Morgan fingerprint density at radius 2 is 1.69 bits per heavy atom. The van der Waals surface area contributed by atoms with Gasteiger partial charge in [0.05, 0.1) is 0 Å². The van der Waals surface area contributed by atoms with Crippen LogP contribution >= 0.6 is 0 Å². The van der Waals surface area contributed by atoms with Crippen molar-refractivity contribution in [2.75, 3.05) is 33.2 Å². The Kier molecular flexibility index (Phi) is 7.49. The van der Waals surface area contributed by atoms with E-state index >= 15 is 0 Å². The molecule has 1 aliphatic rings. The van der Waals surface area contributed by atoms with E-state index in [1.165, 1.54) is 24.3 Å². The Bertz CT molecular complexity index is 787. The van der Waals surface area contributed by atoms with E-state index in [4.69, 9.17) is 0 Å². The summed E-state index contributed by atoms with van der Waals surface area (Å²) in [6.07, 6.45) is 3.80. The average Bonchev–Trinajstić information content (AvgIpc) is 2.75. The molecule has 1 fully saturated rings. The molecule has 4 nitrogen and oxygen atoms in total. The number of amides is 1. The van der Waals surface area contributed by atoms with E-state index in [-0.39, 0.29) is 23.6 Å². The van der Waals surface area contributed by atoms with Crippen LogP contribution in [0.1, 0.15) is 24.0 Å². The van der Waals surface area contributed by atoms with Gasteiger partial charge in [0, 0.05) is 26.7 Å². The number of rotatable bonds is 7. The van der Waals surface area contributed by atoms with Crippen LogP contribution in [0.2, 0.25) is 0 Å². The highest BCUT2D eigenvalue weighted by Crippen LogP contribution is 2.25. The number of allylic oxidation sites excluding steroid dienone is 1. The van der Waals surface area contributed by atoms with Gasteiger partial charge in [-0.2, -0.15) is 0 Å². The summed E-state index contributed by atoms with van der Waals surface area (Å²) in [5.41, 5.74) is 2.74. The van der Waals surface area contributed by atoms with Crippen molar-refractivity contribution in [2.45, 2.75) is 18.9 Å². The van der Waals surface area contributed by atoms with Gasteiger partial charge < -0.3 is 10.6 Å². The number of nitrogens with one attached hydrogen (secondary N) is 2. The molecule has 154 valence electrons. The third-order valence-corrected chi connectivity index (χ3v) is 5.21. The Labute approximate surface area is 170 Å². The number of piperazine rings is 1. The van der Waals surface area contributed by atoms with Crippen molar-refractivity contribution >= 4 is 11.5 Å². The van der Waals surface area contributed by atoms with E-state index in [2.05, 4.69) is 21.6 Å². The second-order valence-electron chi connectivity index (χ2n) is 7.14. The van der Waals surface area contributed by atoms with Crippen molar-refractivity contribution in [3.05, 3.63) is 77.4 Å². The lowest BCUT2D eigenvalue weighted by atomic mass is 9.96. The lowest BCUT2D eigenvalue weighted by Crippen LogP contribution is -2.57. The van der Waals surface area contributed by atoms with Crippen LogP contribution < -0.4 is 10.6 Å². The molecule has 1 unspecified atom stereocenters. The molecule has 1 amide bonds. The maximum Gasteiger partial charge on any atom is 0.238 e. The molecule has 0 aliphatic carbocycles. The Balaban J connectivity index is 1.70. The number of benzene rings is 2. The van der Waals surface area contributed by atoms with Crippen molar-refractivity contribution in [3.63, 3.8) is 0 Å². The van der Waals surface area contributed by atoms with Crippen molar-refractivity contribution in [2.24, 2.45) is 0 Å². The van der Waals surface area contributed by atoms with E-state index in [0.717, 1.165) is 49.2 Å². The maximum absolute atomic E-state index is 13.3. The number of carbonyl (C=O) groups is 1. The average molecular weight is 399 g/mol. The summed E-state index contributed by atoms with van der Waals surface area (Å²) in [6.45, 7) is 3.19. The molecule has 0 saturated carbocycles. The third kappa shape index (κ3) is 5.71. The molecule has 2 aromatic carbocycles. The third-order valence-electron chi connectivity index (χ3n) is 5.21. The number of hydrogen-bond donors (Lipinski definition) is 2. The van der Waals surface area contributed by atoms with Crippen LogP contribution in [0.15, 0.2) is 54.6 Å². The monoisotopic (exact) mass is 399 g/mol. The van der Waals surface area contributed by atoms with Gasteiger partial charge in [0.2, 0.25) is 5.91 Å². The van der Waals surface area contributed by atoms with Crippen LogP contribution in [-0.2, 0) is 4.79 Å². The second-order valence-corrected chi connectivity index (χ2v) is 7.14. The molecule has 0 spiro atoms. The van der Waals surface area contributed by atoms with Crippen LogP contribution in [0.3, 0.4) is 0 Å². The minimum Gasteiger partial charge on any atom is -0.358 e. The standard InChI is InChI=1S/C23H27F2N3O/c1-26-23(29)22-16-27-13-15-28(22)14-3-2-4-21(17-5-9-19(24)10-6-17)18-7-11-20(25)12-8-18/h4-12,22,27H,2-3,13-16H2,1H3,(H,26,29). The molecule has 1 atom stereocenters. The van der Waals surface area contributed by atoms with Gasteiger partial charge in [-0.05, 0) is 60.4 Å². The van der Waals surface area contributed by atoms with Gasteiger partial charge in [-0.15, -0.1) is 0 Å². The number of nitrogens with zero attached hydrogens (tertiary/aromatic N) is 1. The molecule has 6 heteroatoms. The topological polar surface area (TPSA) is 44.4 Å². The summed E-state index contributed by atoms with van der Waals surface area (Å²) in [4.78, 5) is 14.3. The lowest BCUT2D eigenvalue weighted by Gasteiger charge is -2.34. The molecule has 2 N–H and O–H groups in total. The Hall–Kier alpha value is -2.57. The SMILES string of the molecule is CNC(=O)C1CNCCN1CCCC=C(c1ccc(F)cc1)c1ccc(F)cc1. The van der Waals surface area contributed by atoms with E-state index < -0.39 is 0 Å². The highest BCUT2D eigenvalue weighted by atomic mass is 19.1. The van der Waals surface area contributed by atoms with Gasteiger partial charge in [-0.25, -0.2) is 8.78 Å². The predicted molar refractivity (Wildman–Crippen MR) is 111 cm³/mol. The summed E-state index contributed by atoms with van der Waals surface area (Å²) in [5, 5.41) is 6.00. The molecule has 0 aromatic heterocycles. The largest absolute Gasteiger partial charge is 0.358 e. The van der Waals surface area contributed by atoms with Crippen molar-refractivity contribution < 1.29 is 13.6 Å². The van der Waals surface area contributed by atoms with Crippen molar-refractivity contribution in [3.8, 4) is 0 Å². The molecule has 29 heavy (non-hydrogen) atoms. The zero-order valence-corrected chi connectivity index (χ0v) is 16.6. The fraction of sp³-hybridized carbons (Fsp3) is 0.348. The van der Waals surface area contributed by atoms with E-state index in [9.17, 15) is 13.6 Å². The summed E-state index contributed by atoms with van der Waals surface area (Å²) >= 11 is 0. The van der Waals surface area contributed by atoms with Crippen LogP contribution in [0.4, 0.5) is 8.78 Å². The fourth-order valence-corrected chi connectivity index (χ4v) is 3.64. The maximum atomic E-state index is 13.3. The molecular formula is C23H27F2N3O. The predicted octanol–water partition coefficient (Wildman–Crippen LogP) is 3.20. The Morgan fingerprint density at radius 3 is 2.24 bits per heavy atom. The van der Waals surface area contributed by atoms with Crippen molar-refractivity contribution in [1.29, 1.82) is 0 Å². The smallest absolute Gasteiger partial charge is 0.238 e. The zero-order valence-electron chi connectivity index (χ0n) is 16.6. The molecule has 3 rings (SSSR count). The lowest BCUT2D eigenvalue weighted by molar-refractivity contribution is -0.126. The van der Waals surface area contributed by atoms with E-state index in [0.29, 0.717) is 6.54 Å². The number of hydrogen-bond acceptors (Lipinski definition) is 3. The molecule has 1 saturated heterocycles. The molecule has 0 bridgehead atoms. The first-order valence-electron chi connectivity index (χ1n) is 9.97. The number of halogens is 2. The van der Waals surface area contributed by atoms with E-state index in [1.807, 2.05) is 0 Å². The summed E-state index contributed by atoms with van der Waals surface area (Å²) in [7, 11) is 1.66. The molecule has 1 heterocycles. The molecule has 1 aliphatic heterocycles. The Morgan fingerprint density at radius 1 is 1.10 bits per heavy atom. The first-order valence-corrected chi connectivity index (χ1v) is 9.97. The minimum absolute atomic E-state index is 0.0334.